The lowest BCUT2D eigenvalue weighted by molar-refractivity contribution is -0.202. The number of halogens is 4. The van der Waals surface area contributed by atoms with Gasteiger partial charge in [-0.25, -0.2) is 4.39 Å². The largest absolute Gasteiger partial charge is 0.392 e. The molecule has 0 aromatic rings. The van der Waals surface area contributed by atoms with E-state index in [1.54, 1.807) is 0 Å². The molecule has 0 saturated heterocycles. The first-order valence-electron chi connectivity index (χ1n) is 4.37. The second-order valence-corrected chi connectivity index (χ2v) is 3.49. The van der Waals surface area contributed by atoms with Crippen LogP contribution in [0.5, 0.6) is 0 Å². The van der Waals surface area contributed by atoms with Gasteiger partial charge in [0.1, 0.15) is 6.17 Å². The predicted octanol–water partition coefficient (Wildman–Crippen LogP) is 2.26. The van der Waals surface area contributed by atoms with Gasteiger partial charge in [-0.15, -0.1) is 0 Å². The molecule has 0 aliphatic heterocycles. The zero-order chi connectivity index (χ0) is 10.1. The SMILES string of the molecule is NCC1C(F)CCCC1C(F)(F)F. The van der Waals surface area contributed by atoms with Crippen LogP contribution < -0.4 is 5.73 Å². The van der Waals surface area contributed by atoms with E-state index in [1.807, 2.05) is 0 Å². The van der Waals surface area contributed by atoms with Crippen LogP contribution in [0.2, 0.25) is 0 Å². The van der Waals surface area contributed by atoms with Gasteiger partial charge >= 0.3 is 6.18 Å². The Bertz CT molecular complexity index is 168. The Morgan fingerprint density at radius 2 is 1.85 bits per heavy atom. The summed E-state index contributed by atoms with van der Waals surface area (Å²) in [5, 5.41) is 0. The Labute approximate surface area is 74.3 Å². The van der Waals surface area contributed by atoms with E-state index in [0.29, 0.717) is 6.42 Å². The summed E-state index contributed by atoms with van der Waals surface area (Å²) >= 11 is 0. The van der Waals surface area contributed by atoms with E-state index >= 15 is 0 Å². The Kier molecular flexibility index (Phi) is 3.16. The van der Waals surface area contributed by atoms with Crippen LogP contribution in [0.1, 0.15) is 19.3 Å². The molecule has 0 heterocycles. The molecule has 1 aliphatic carbocycles. The average Bonchev–Trinajstić information content (AvgIpc) is 2.02. The molecule has 3 unspecified atom stereocenters. The molecule has 13 heavy (non-hydrogen) atoms. The van der Waals surface area contributed by atoms with Gasteiger partial charge < -0.3 is 5.73 Å². The van der Waals surface area contributed by atoms with Crippen molar-refractivity contribution in [3.63, 3.8) is 0 Å². The van der Waals surface area contributed by atoms with Crippen molar-refractivity contribution in [2.75, 3.05) is 6.54 Å². The molecule has 0 amide bonds. The van der Waals surface area contributed by atoms with Gasteiger partial charge in [0, 0.05) is 5.92 Å². The van der Waals surface area contributed by atoms with Crippen molar-refractivity contribution in [1.29, 1.82) is 0 Å². The molecule has 1 saturated carbocycles. The van der Waals surface area contributed by atoms with E-state index in [1.165, 1.54) is 0 Å². The molecule has 5 heteroatoms. The molecule has 78 valence electrons. The maximum absolute atomic E-state index is 13.0. The van der Waals surface area contributed by atoms with E-state index in [0.717, 1.165) is 0 Å². The first-order chi connectivity index (χ1) is 5.96. The van der Waals surface area contributed by atoms with E-state index in [9.17, 15) is 17.6 Å². The summed E-state index contributed by atoms with van der Waals surface area (Å²) in [5.74, 6) is -2.57. The lowest BCUT2D eigenvalue weighted by Gasteiger charge is -2.34. The van der Waals surface area contributed by atoms with Crippen molar-refractivity contribution in [2.45, 2.75) is 31.6 Å². The molecule has 0 spiro atoms. The Balaban J connectivity index is 2.70. The predicted molar refractivity (Wildman–Crippen MR) is 40.8 cm³/mol. The van der Waals surface area contributed by atoms with Crippen molar-refractivity contribution in [1.82, 2.24) is 0 Å². The smallest absolute Gasteiger partial charge is 0.330 e. The van der Waals surface area contributed by atoms with E-state index in [4.69, 9.17) is 5.73 Å². The van der Waals surface area contributed by atoms with Gasteiger partial charge in [-0.2, -0.15) is 13.2 Å². The topological polar surface area (TPSA) is 26.0 Å². The molecule has 1 aliphatic rings. The Morgan fingerprint density at radius 1 is 1.23 bits per heavy atom. The van der Waals surface area contributed by atoms with E-state index in [2.05, 4.69) is 0 Å². The first kappa shape index (κ1) is 10.8. The zero-order valence-corrected chi connectivity index (χ0v) is 7.15. The fourth-order valence-electron chi connectivity index (χ4n) is 1.93. The lowest BCUT2D eigenvalue weighted by atomic mass is 9.77. The molecule has 1 nitrogen and oxygen atoms in total. The van der Waals surface area contributed by atoms with Crippen LogP contribution in [-0.4, -0.2) is 18.9 Å². The molecular weight excluding hydrogens is 186 g/mol. The standard InChI is InChI=1S/C8H13F4N/c9-7-3-1-2-6(5(7)4-13)8(10,11)12/h5-7H,1-4,13H2. The summed E-state index contributed by atoms with van der Waals surface area (Å²) in [6, 6.07) is 0. The fourth-order valence-corrected chi connectivity index (χ4v) is 1.93. The van der Waals surface area contributed by atoms with E-state index < -0.39 is 24.2 Å². The van der Waals surface area contributed by atoms with Gasteiger partial charge in [0.15, 0.2) is 0 Å². The zero-order valence-electron chi connectivity index (χ0n) is 7.15. The van der Waals surface area contributed by atoms with Crippen molar-refractivity contribution >= 4 is 0 Å². The monoisotopic (exact) mass is 199 g/mol. The van der Waals surface area contributed by atoms with Gasteiger partial charge in [0.05, 0.1) is 5.92 Å². The summed E-state index contributed by atoms with van der Waals surface area (Å²) in [5.41, 5.74) is 5.14. The van der Waals surface area contributed by atoms with Crippen LogP contribution in [0.25, 0.3) is 0 Å². The highest BCUT2D eigenvalue weighted by atomic mass is 19.4. The maximum Gasteiger partial charge on any atom is 0.392 e. The maximum atomic E-state index is 13.0. The van der Waals surface area contributed by atoms with Gasteiger partial charge in [0.25, 0.3) is 0 Å². The number of hydrogen-bond acceptors (Lipinski definition) is 1. The summed E-state index contributed by atoms with van der Waals surface area (Å²) in [6.45, 7) is -0.217. The minimum Gasteiger partial charge on any atom is -0.330 e. The van der Waals surface area contributed by atoms with Crippen LogP contribution in [-0.2, 0) is 0 Å². The van der Waals surface area contributed by atoms with Gasteiger partial charge in [-0.1, -0.05) is 0 Å². The summed E-state index contributed by atoms with van der Waals surface area (Å²) in [7, 11) is 0. The molecule has 2 N–H and O–H groups in total. The number of rotatable bonds is 1. The molecular formula is C8H13F4N. The van der Waals surface area contributed by atoms with Crippen molar-refractivity contribution in [3.8, 4) is 0 Å². The summed E-state index contributed by atoms with van der Waals surface area (Å²) in [4.78, 5) is 0. The summed E-state index contributed by atoms with van der Waals surface area (Å²) < 4.78 is 50.0. The molecule has 1 rings (SSSR count). The molecule has 0 aromatic carbocycles. The van der Waals surface area contributed by atoms with Gasteiger partial charge in [-0.05, 0) is 25.8 Å². The first-order valence-corrected chi connectivity index (χ1v) is 4.37. The third kappa shape index (κ3) is 2.33. The lowest BCUT2D eigenvalue weighted by Crippen LogP contribution is -2.42. The quantitative estimate of drug-likeness (QED) is 0.644. The second-order valence-electron chi connectivity index (χ2n) is 3.49. The Hall–Kier alpha value is -0.320. The van der Waals surface area contributed by atoms with E-state index in [-0.39, 0.29) is 19.4 Å². The number of alkyl halides is 4. The highest BCUT2D eigenvalue weighted by Crippen LogP contribution is 2.41. The molecule has 0 bridgehead atoms. The minimum atomic E-state index is -4.30. The summed E-state index contributed by atoms with van der Waals surface area (Å²) in [6.07, 6.45) is -5.14. The van der Waals surface area contributed by atoms with Crippen LogP contribution in [0.3, 0.4) is 0 Å². The average molecular weight is 199 g/mol. The highest BCUT2D eigenvalue weighted by Gasteiger charge is 2.48. The van der Waals surface area contributed by atoms with Crippen molar-refractivity contribution in [2.24, 2.45) is 17.6 Å². The molecule has 3 atom stereocenters. The number of hydrogen-bond donors (Lipinski definition) is 1. The van der Waals surface area contributed by atoms with Crippen molar-refractivity contribution < 1.29 is 17.6 Å². The third-order valence-electron chi connectivity index (χ3n) is 2.67. The van der Waals surface area contributed by atoms with Crippen LogP contribution >= 0.6 is 0 Å². The van der Waals surface area contributed by atoms with Crippen LogP contribution in [0.15, 0.2) is 0 Å². The molecule has 0 radical (unpaired) electrons. The number of nitrogens with two attached hydrogens (primary N) is 1. The minimum absolute atomic E-state index is 0.0196. The normalized spacial score (nSPS) is 36.2. The molecule has 1 fully saturated rings. The van der Waals surface area contributed by atoms with Gasteiger partial charge in [-0.3, -0.25) is 0 Å². The van der Waals surface area contributed by atoms with Crippen LogP contribution in [0.4, 0.5) is 17.6 Å². The van der Waals surface area contributed by atoms with Crippen LogP contribution in [0, 0.1) is 11.8 Å². The highest BCUT2D eigenvalue weighted by molar-refractivity contribution is 4.86. The van der Waals surface area contributed by atoms with Gasteiger partial charge in [0.2, 0.25) is 0 Å². The fraction of sp³-hybridized carbons (Fsp3) is 1.00. The second kappa shape index (κ2) is 3.82. The van der Waals surface area contributed by atoms with Crippen molar-refractivity contribution in [3.05, 3.63) is 0 Å². The Morgan fingerprint density at radius 3 is 2.23 bits per heavy atom. The third-order valence-corrected chi connectivity index (χ3v) is 2.67. The molecule has 0 aromatic heterocycles.